The van der Waals surface area contributed by atoms with E-state index >= 15 is 0 Å². The summed E-state index contributed by atoms with van der Waals surface area (Å²) in [6.07, 6.45) is 0. The molecule has 0 aliphatic rings. The van der Waals surface area contributed by atoms with E-state index in [-0.39, 0.29) is 22.8 Å². The van der Waals surface area contributed by atoms with Gasteiger partial charge in [-0.2, -0.15) is 4.37 Å². The van der Waals surface area contributed by atoms with Crippen molar-refractivity contribution in [3.05, 3.63) is 70.2 Å². The number of amides is 3. The fourth-order valence-electron chi connectivity index (χ4n) is 3.51. The van der Waals surface area contributed by atoms with Crippen LogP contribution in [0.3, 0.4) is 0 Å². The maximum Gasteiger partial charge on any atom is 0.273 e. The Bertz CT molecular complexity index is 1210. The SMILES string of the molecule is COCCNC(=O)[C@@H](c1ccc(OC)cc1)N(C(=O)c1snc(C(N)=O)c1N)c1ccccc1C. The van der Waals surface area contributed by atoms with Crippen LogP contribution in [-0.2, 0) is 9.53 Å². The summed E-state index contributed by atoms with van der Waals surface area (Å²) in [6, 6.07) is 12.9. The number of nitrogens with zero attached hydrogens (tertiary/aromatic N) is 2. The number of nitrogens with two attached hydrogens (primary N) is 2. The minimum atomic E-state index is -1.08. The number of nitrogen functional groups attached to an aromatic ring is 1. The number of anilines is 2. The van der Waals surface area contributed by atoms with Gasteiger partial charge >= 0.3 is 0 Å². The molecule has 0 saturated carbocycles. The minimum absolute atomic E-state index is 0.00487. The largest absolute Gasteiger partial charge is 0.497 e. The third kappa shape index (κ3) is 5.58. The Kier molecular flexibility index (Phi) is 8.39. The van der Waals surface area contributed by atoms with Crippen molar-refractivity contribution in [2.45, 2.75) is 13.0 Å². The number of aromatic nitrogens is 1. The van der Waals surface area contributed by atoms with Crippen LogP contribution in [0.1, 0.15) is 37.3 Å². The number of para-hydroxylation sites is 1. The van der Waals surface area contributed by atoms with Crippen LogP contribution in [0.4, 0.5) is 11.4 Å². The smallest absolute Gasteiger partial charge is 0.273 e. The van der Waals surface area contributed by atoms with E-state index in [0.29, 0.717) is 23.6 Å². The Morgan fingerprint density at radius 1 is 1.11 bits per heavy atom. The fraction of sp³-hybridized carbons (Fsp3) is 0.250. The molecule has 1 heterocycles. The van der Waals surface area contributed by atoms with Gasteiger partial charge in [0.25, 0.3) is 11.8 Å². The van der Waals surface area contributed by atoms with Gasteiger partial charge in [0, 0.05) is 19.3 Å². The number of hydrogen-bond acceptors (Lipinski definition) is 8. The Hall–Kier alpha value is -3.96. The first kappa shape index (κ1) is 25.7. The first-order chi connectivity index (χ1) is 16.8. The van der Waals surface area contributed by atoms with Gasteiger partial charge in [-0.3, -0.25) is 19.3 Å². The van der Waals surface area contributed by atoms with Gasteiger partial charge in [0.15, 0.2) is 5.69 Å². The second kappa shape index (κ2) is 11.4. The van der Waals surface area contributed by atoms with E-state index in [9.17, 15) is 14.4 Å². The van der Waals surface area contributed by atoms with E-state index in [1.165, 1.54) is 19.1 Å². The summed E-state index contributed by atoms with van der Waals surface area (Å²) in [7, 11) is 3.06. The molecule has 10 nitrogen and oxygen atoms in total. The molecule has 11 heteroatoms. The Balaban J connectivity index is 2.19. The van der Waals surface area contributed by atoms with Crippen molar-refractivity contribution < 1.29 is 23.9 Å². The monoisotopic (exact) mass is 497 g/mol. The molecule has 3 rings (SSSR count). The first-order valence-corrected chi connectivity index (χ1v) is 11.4. The molecule has 0 bridgehead atoms. The van der Waals surface area contributed by atoms with Crippen LogP contribution in [0.2, 0.25) is 0 Å². The van der Waals surface area contributed by atoms with Crippen molar-refractivity contribution in [3.63, 3.8) is 0 Å². The number of nitrogens with one attached hydrogen (secondary N) is 1. The summed E-state index contributed by atoms with van der Waals surface area (Å²) < 4.78 is 14.3. The number of benzene rings is 2. The van der Waals surface area contributed by atoms with Crippen LogP contribution in [-0.4, -0.2) is 49.5 Å². The summed E-state index contributed by atoms with van der Waals surface area (Å²) in [5.41, 5.74) is 12.9. The predicted octanol–water partition coefficient (Wildman–Crippen LogP) is 2.29. The number of aryl methyl sites for hydroxylation is 1. The van der Waals surface area contributed by atoms with Crippen LogP contribution < -0.4 is 26.4 Å². The lowest BCUT2D eigenvalue weighted by Gasteiger charge is -2.32. The summed E-state index contributed by atoms with van der Waals surface area (Å²) >= 11 is 0.755. The van der Waals surface area contributed by atoms with Crippen molar-refractivity contribution in [2.24, 2.45) is 5.73 Å². The molecular weight excluding hydrogens is 470 g/mol. The van der Waals surface area contributed by atoms with Gasteiger partial charge in [0.2, 0.25) is 5.91 Å². The van der Waals surface area contributed by atoms with E-state index < -0.39 is 23.8 Å². The molecule has 3 aromatic rings. The lowest BCUT2D eigenvalue weighted by Crippen LogP contribution is -2.45. The number of primary amides is 1. The summed E-state index contributed by atoms with van der Waals surface area (Å²) in [6.45, 7) is 2.36. The van der Waals surface area contributed by atoms with Crippen LogP contribution in [0, 0.1) is 6.92 Å². The number of carbonyl (C=O) groups excluding carboxylic acids is 3. The lowest BCUT2D eigenvalue weighted by molar-refractivity contribution is -0.122. The van der Waals surface area contributed by atoms with Gasteiger partial charge in [-0.1, -0.05) is 30.3 Å². The average Bonchev–Trinajstić information content (AvgIpc) is 3.24. The second-order valence-electron chi connectivity index (χ2n) is 7.56. The van der Waals surface area contributed by atoms with E-state index in [4.69, 9.17) is 20.9 Å². The maximum atomic E-state index is 14.0. The molecular formula is C24H27N5O5S. The third-order valence-corrected chi connectivity index (χ3v) is 6.14. The fourth-order valence-corrected chi connectivity index (χ4v) is 4.26. The molecule has 1 atom stereocenters. The van der Waals surface area contributed by atoms with Gasteiger partial charge in [0.1, 0.15) is 16.7 Å². The highest BCUT2D eigenvalue weighted by Gasteiger charge is 2.36. The molecule has 0 unspecified atom stereocenters. The summed E-state index contributed by atoms with van der Waals surface area (Å²) in [4.78, 5) is 40.5. The normalized spacial score (nSPS) is 11.5. The van der Waals surface area contributed by atoms with Crippen molar-refractivity contribution in [1.82, 2.24) is 9.69 Å². The van der Waals surface area contributed by atoms with Gasteiger partial charge < -0.3 is 26.3 Å². The highest BCUT2D eigenvalue weighted by Crippen LogP contribution is 2.35. The highest BCUT2D eigenvalue weighted by molar-refractivity contribution is 7.09. The molecule has 2 aromatic carbocycles. The molecule has 1 aromatic heterocycles. The Labute approximate surface area is 207 Å². The van der Waals surface area contributed by atoms with Gasteiger partial charge in [-0.15, -0.1) is 0 Å². The topological polar surface area (TPSA) is 150 Å². The molecule has 0 spiro atoms. The van der Waals surface area contributed by atoms with Crippen LogP contribution in [0.15, 0.2) is 48.5 Å². The third-order valence-electron chi connectivity index (χ3n) is 5.29. The quantitative estimate of drug-likeness (QED) is 0.364. The summed E-state index contributed by atoms with van der Waals surface area (Å²) in [5.74, 6) is -1.27. The van der Waals surface area contributed by atoms with E-state index in [1.807, 2.05) is 19.1 Å². The Morgan fingerprint density at radius 3 is 2.37 bits per heavy atom. The van der Waals surface area contributed by atoms with Crippen LogP contribution in [0.5, 0.6) is 5.75 Å². The molecule has 184 valence electrons. The molecule has 0 aliphatic heterocycles. The number of rotatable bonds is 10. The van der Waals surface area contributed by atoms with Gasteiger partial charge in [-0.05, 0) is 47.8 Å². The van der Waals surface area contributed by atoms with Crippen molar-refractivity contribution >= 4 is 40.6 Å². The lowest BCUT2D eigenvalue weighted by atomic mass is 10.0. The zero-order valence-electron chi connectivity index (χ0n) is 19.6. The van der Waals surface area contributed by atoms with Crippen molar-refractivity contribution in [3.8, 4) is 5.75 Å². The van der Waals surface area contributed by atoms with Gasteiger partial charge in [-0.25, -0.2) is 0 Å². The molecule has 35 heavy (non-hydrogen) atoms. The van der Waals surface area contributed by atoms with Crippen molar-refractivity contribution in [2.75, 3.05) is 38.0 Å². The second-order valence-corrected chi connectivity index (χ2v) is 8.33. The number of methoxy groups -OCH3 is 2. The molecule has 3 amide bonds. The van der Waals surface area contributed by atoms with Gasteiger partial charge in [0.05, 0.1) is 19.4 Å². The van der Waals surface area contributed by atoms with E-state index in [2.05, 4.69) is 9.69 Å². The van der Waals surface area contributed by atoms with E-state index in [0.717, 1.165) is 17.1 Å². The summed E-state index contributed by atoms with van der Waals surface area (Å²) in [5, 5.41) is 2.82. The minimum Gasteiger partial charge on any atom is -0.497 e. The average molecular weight is 498 g/mol. The van der Waals surface area contributed by atoms with Crippen LogP contribution >= 0.6 is 11.5 Å². The maximum absolute atomic E-state index is 14.0. The van der Waals surface area contributed by atoms with Crippen molar-refractivity contribution in [1.29, 1.82) is 0 Å². The Morgan fingerprint density at radius 2 is 1.80 bits per heavy atom. The zero-order valence-corrected chi connectivity index (χ0v) is 20.4. The first-order valence-electron chi connectivity index (χ1n) is 10.6. The van der Waals surface area contributed by atoms with E-state index in [1.54, 1.807) is 36.4 Å². The number of carbonyl (C=O) groups is 3. The standard InChI is InChI=1S/C24H27N5O5S/c1-14-6-4-5-7-17(14)29(24(32)21-18(25)19(22(26)30)28-35-21)20(23(31)27-12-13-33-2)15-8-10-16(34-3)11-9-15/h4-11,20H,12-13,25H2,1-3H3,(H2,26,30)(H,27,31)/t20-/m1/s1. The number of hydrogen-bond donors (Lipinski definition) is 3. The predicted molar refractivity (Wildman–Crippen MR) is 134 cm³/mol. The number of ether oxygens (including phenoxy) is 2. The molecule has 0 saturated heterocycles. The molecule has 0 radical (unpaired) electrons. The molecule has 0 aliphatic carbocycles. The molecule has 5 N–H and O–H groups in total. The van der Waals surface area contributed by atoms with Crippen LogP contribution in [0.25, 0.3) is 0 Å². The zero-order chi connectivity index (χ0) is 25.5. The highest BCUT2D eigenvalue weighted by atomic mass is 32.1. The molecule has 0 fully saturated rings.